The van der Waals surface area contributed by atoms with E-state index < -0.39 is 6.04 Å². The number of nitrogens with one attached hydrogen (secondary N) is 1. The van der Waals surface area contributed by atoms with E-state index in [2.05, 4.69) is 23.7 Å². The molecular weight excluding hydrogens is 390 g/mol. The smallest absolute Gasteiger partial charge is 0.255 e. The van der Waals surface area contributed by atoms with E-state index in [1.807, 2.05) is 18.2 Å². The number of nitrogens with zero attached hydrogens (tertiary/aromatic N) is 2. The van der Waals surface area contributed by atoms with Crippen LogP contribution in [0.1, 0.15) is 67.8 Å². The normalized spacial score (nSPS) is 29.9. The fraction of sp³-hybridized carbons (Fsp3) is 0.600. The molecule has 6 heteroatoms. The lowest BCUT2D eigenvalue weighted by Crippen LogP contribution is -2.49. The summed E-state index contributed by atoms with van der Waals surface area (Å²) in [6.45, 7) is 9.00. The van der Waals surface area contributed by atoms with Crippen molar-refractivity contribution in [2.75, 3.05) is 13.1 Å². The Morgan fingerprint density at radius 1 is 1.10 bits per heavy atom. The van der Waals surface area contributed by atoms with Crippen molar-refractivity contribution in [3.05, 3.63) is 41.6 Å². The van der Waals surface area contributed by atoms with Crippen LogP contribution in [0.2, 0.25) is 0 Å². The third-order valence-corrected chi connectivity index (χ3v) is 7.60. The Balaban J connectivity index is 1.27. The van der Waals surface area contributed by atoms with Crippen molar-refractivity contribution >= 4 is 11.8 Å². The van der Waals surface area contributed by atoms with Gasteiger partial charge in [-0.2, -0.15) is 0 Å². The van der Waals surface area contributed by atoms with Crippen molar-refractivity contribution in [2.24, 2.45) is 5.92 Å². The van der Waals surface area contributed by atoms with E-state index in [0.29, 0.717) is 31.0 Å². The van der Waals surface area contributed by atoms with Crippen LogP contribution in [0.25, 0.3) is 0 Å². The average Bonchev–Trinajstić information content (AvgIpc) is 3.33. The molecule has 1 aliphatic carbocycles. The van der Waals surface area contributed by atoms with Gasteiger partial charge in [0.05, 0.1) is 0 Å². The Bertz CT molecular complexity index is 890. The molecule has 0 aromatic heterocycles. The highest BCUT2D eigenvalue weighted by Gasteiger charge is 2.39. The predicted octanol–water partition coefficient (Wildman–Crippen LogP) is 3.47. The Labute approximate surface area is 184 Å². The molecule has 3 atom stereocenters. The molecule has 3 fully saturated rings. The molecule has 0 spiro atoms. The number of hydrogen-bond donors (Lipinski definition) is 1. The van der Waals surface area contributed by atoms with Gasteiger partial charge in [-0.25, -0.2) is 0 Å². The lowest BCUT2D eigenvalue weighted by molar-refractivity contribution is -0.126. The van der Waals surface area contributed by atoms with Crippen LogP contribution >= 0.6 is 0 Å². The summed E-state index contributed by atoms with van der Waals surface area (Å²) in [5.41, 5.74) is 2.38. The van der Waals surface area contributed by atoms with E-state index in [9.17, 15) is 9.59 Å². The number of carbonyl (C=O) groups is 2. The van der Waals surface area contributed by atoms with Gasteiger partial charge in [0.15, 0.2) is 0 Å². The van der Waals surface area contributed by atoms with Crippen molar-refractivity contribution < 1.29 is 14.3 Å². The number of piperidine rings is 2. The Morgan fingerprint density at radius 3 is 2.68 bits per heavy atom. The van der Waals surface area contributed by atoms with Crippen LogP contribution < -0.4 is 10.1 Å². The van der Waals surface area contributed by atoms with Gasteiger partial charge in [-0.3, -0.25) is 14.5 Å². The van der Waals surface area contributed by atoms with Crippen molar-refractivity contribution in [3.8, 4) is 5.75 Å². The zero-order chi connectivity index (χ0) is 21.5. The number of likely N-dealkylation sites (tertiary alicyclic amines) is 1. The second-order valence-electron chi connectivity index (χ2n) is 9.77. The third kappa shape index (κ3) is 3.98. The molecule has 1 aromatic rings. The molecule has 6 nitrogen and oxygen atoms in total. The maximum absolute atomic E-state index is 12.9. The first-order valence-corrected chi connectivity index (χ1v) is 11.8. The lowest BCUT2D eigenvalue weighted by Gasteiger charge is -2.37. The molecule has 1 N–H and O–H groups in total. The summed E-state index contributed by atoms with van der Waals surface area (Å²) in [5.74, 6) is 1.49. The summed E-state index contributed by atoms with van der Waals surface area (Å²) in [7, 11) is 0. The minimum absolute atomic E-state index is 0.0598. The van der Waals surface area contributed by atoms with Gasteiger partial charge in [0.25, 0.3) is 5.91 Å². The van der Waals surface area contributed by atoms with Gasteiger partial charge in [-0.15, -0.1) is 0 Å². The molecule has 2 saturated heterocycles. The van der Waals surface area contributed by atoms with E-state index in [0.717, 1.165) is 29.3 Å². The van der Waals surface area contributed by atoms with Gasteiger partial charge in [0, 0.05) is 23.8 Å². The first-order chi connectivity index (χ1) is 15.0. The van der Waals surface area contributed by atoms with Crippen molar-refractivity contribution in [3.63, 3.8) is 0 Å². The first kappa shape index (κ1) is 20.6. The molecule has 2 amide bonds. The SMILES string of the molecule is C=C1CCC(N2Cc3cc(OC4CCCC4N4CCC(C)CC4)ccc3C2=O)C(=O)N1. The van der Waals surface area contributed by atoms with Gasteiger partial charge in [-0.1, -0.05) is 13.5 Å². The number of allylic oxidation sites excluding steroid dienone is 1. The Hall–Kier alpha value is -2.34. The van der Waals surface area contributed by atoms with Gasteiger partial charge in [0.2, 0.25) is 5.91 Å². The molecule has 31 heavy (non-hydrogen) atoms. The average molecular weight is 424 g/mol. The molecule has 0 bridgehead atoms. The van der Waals surface area contributed by atoms with Crippen LogP contribution in [0.4, 0.5) is 0 Å². The quantitative estimate of drug-likeness (QED) is 0.806. The number of hydrogen-bond acceptors (Lipinski definition) is 4. The zero-order valence-corrected chi connectivity index (χ0v) is 18.4. The van der Waals surface area contributed by atoms with E-state index >= 15 is 0 Å². The van der Waals surface area contributed by atoms with E-state index in [4.69, 9.17) is 4.74 Å². The molecule has 0 radical (unpaired) electrons. The highest BCUT2D eigenvalue weighted by Crippen LogP contribution is 2.34. The number of carbonyl (C=O) groups excluding carboxylic acids is 2. The highest BCUT2D eigenvalue weighted by molar-refractivity contribution is 6.01. The summed E-state index contributed by atoms with van der Waals surface area (Å²) in [5, 5.41) is 2.80. The van der Waals surface area contributed by atoms with Crippen LogP contribution in [0.15, 0.2) is 30.5 Å². The summed E-state index contributed by atoms with van der Waals surface area (Å²) in [4.78, 5) is 29.7. The van der Waals surface area contributed by atoms with Crippen LogP contribution in [-0.2, 0) is 11.3 Å². The number of fused-ring (bicyclic) bond motifs is 1. The highest BCUT2D eigenvalue weighted by atomic mass is 16.5. The number of benzene rings is 1. The molecule has 3 heterocycles. The van der Waals surface area contributed by atoms with E-state index in [1.165, 1.54) is 38.8 Å². The molecule has 166 valence electrons. The molecule has 1 saturated carbocycles. The fourth-order valence-electron chi connectivity index (χ4n) is 5.70. The molecular formula is C25H33N3O3. The minimum Gasteiger partial charge on any atom is -0.489 e. The van der Waals surface area contributed by atoms with E-state index in [1.54, 1.807) is 4.90 Å². The third-order valence-electron chi connectivity index (χ3n) is 7.60. The fourth-order valence-corrected chi connectivity index (χ4v) is 5.70. The van der Waals surface area contributed by atoms with Crippen molar-refractivity contribution in [2.45, 2.75) is 76.6 Å². The van der Waals surface area contributed by atoms with Gasteiger partial charge in [0.1, 0.15) is 17.9 Å². The topological polar surface area (TPSA) is 61.9 Å². The van der Waals surface area contributed by atoms with Crippen molar-refractivity contribution in [1.29, 1.82) is 0 Å². The molecule has 1 aromatic carbocycles. The summed E-state index contributed by atoms with van der Waals surface area (Å²) in [6.07, 6.45) is 7.62. The second kappa shape index (κ2) is 8.30. The number of ether oxygens (including phenoxy) is 1. The maximum Gasteiger partial charge on any atom is 0.255 e. The molecule has 5 rings (SSSR count). The predicted molar refractivity (Wildman–Crippen MR) is 119 cm³/mol. The standard InChI is InChI=1S/C25H33N3O3/c1-16-10-12-27(13-11-16)21-4-3-5-23(21)31-19-7-8-20-18(14-19)15-28(25(20)30)22-9-6-17(2)26-24(22)29/h7-8,14,16,21-23H,2-6,9-13,15H2,1H3,(H,26,29). The minimum atomic E-state index is -0.421. The lowest BCUT2D eigenvalue weighted by atomic mass is 9.97. The molecule has 4 aliphatic rings. The van der Waals surface area contributed by atoms with Gasteiger partial charge < -0.3 is 15.0 Å². The largest absolute Gasteiger partial charge is 0.489 e. The van der Waals surface area contributed by atoms with Gasteiger partial charge >= 0.3 is 0 Å². The maximum atomic E-state index is 12.9. The second-order valence-corrected chi connectivity index (χ2v) is 9.77. The van der Waals surface area contributed by atoms with Gasteiger partial charge in [-0.05, 0) is 87.7 Å². The number of amides is 2. The summed E-state index contributed by atoms with van der Waals surface area (Å²) >= 11 is 0. The summed E-state index contributed by atoms with van der Waals surface area (Å²) < 4.78 is 6.48. The zero-order valence-electron chi connectivity index (χ0n) is 18.4. The Morgan fingerprint density at radius 2 is 1.90 bits per heavy atom. The van der Waals surface area contributed by atoms with Crippen LogP contribution in [-0.4, -0.2) is 52.9 Å². The number of rotatable bonds is 4. The first-order valence-electron chi connectivity index (χ1n) is 11.8. The van der Waals surface area contributed by atoms with E-state index in [-0.39, 0.29) is 17.9 Å². The van der Waals surface area contributed by atoms with Crippen LogP contribution in [0, 0.1) is 5.92 Å². The summed E-state index contributed by atoms with van der Waals surface area (Å²) in [6, 6.07) is 5.89. The Kier molecular flexibility index (Phi) is 5.51. The molecule has 3 unspecified atom stereocenters. The van der Waals surface area contributed by atoms with Crippen LogP contribution in [0.5, 0.6) is 5.75 Å². The monoisotopic (exact) mass is 423 g/mol. The van der Waals surface area contributed by atoms with Crippen molar-refractivity contribution in [1.82, 2.24) is 15.1 Å². The van der Waals surface area contributed by atoms with Crippen LogP contribution in [0.3, 0.4) is 0 Å². The molecule has 3 aliphatic heterocycles.